The van der Waals surface area contributed by atoms with E-state index in [4.69, 9.17) is 18.0 Å². The summed E-state index contributed by atoms with van der Waals surface area (Å²) >= 11 is 4.86. The number of nitrogens with zero attached hydrogens (tertiary/aromatic N) is 2. The number of amides is 1. The van der Waals surface area contributed by atoms with Crippen LogP contribution in [0.25, 0.3) is 0 Å². The Morgan fingerprint density at radius 2 is 2.44 bits per heavy atom. The summed E-state index contributed by atoms with van der Waals surface area (Å²) < 4.78 is 0. The monoisotopic (exact) mass is 235 g/mol. The van der Waals surface area contributed by atoms with E-state index in [-0.39, 0.29) is 10.9 Å². The average molecular weight is 235 g/mol. The molecule has 1 amide bonds. The van der Waals surface area contributed by atoms with Crippen molar-refractivity contribution in [1.29, 1.82) is 0 Å². The van der Waals surface area contributed by atoms with Crippen molar-refractivity contribution < 1.29 is 4.79 Å². The van der Waals surface area contributed by atoms with Gasteiger partial charge < -0.3 is 10.6 Å². The molecular weight excluding hydrogens is 222 g/mol. The lowest BCUT2D eigenvalue weighted by molar-refractivity contribution is -0.128. The van der Waals surface area contributed by atoms with Crippen LogP contribution in [0.5, 0.6) is 0 Å². The van der Waals surface area contributed by atoms with Gasteiger partial charge in [0.2, 0.25) is 5.91 Å². The normalized spacial score (nSPS) is 15.5. The van der Waals surface area contributed by atoms with Gasteiger partial charge in [-0.1, -0.05) is 12.2 Å². The van der Waals surface area contributed by atoms with Crippen LogP contribution in [0, 0.1) is 0 Å². The smallest absolute Gasteiger partial charge is 0.222 e. The molecule has 5 heteroatoms. The fourth-order valence-electron chi connectivity index (χ4n) is 1.80. The zero-order valence-corrected chi connectivity index (χ0v) is 9.67. The minimum atomic E-state index is 0.216. The molecule has 0 saturated carbocycles. The second kappa shape index (κ2) is 4.57. The molecule has 2 rings (SSSR count). The van der Waals surface area contributed by atoms with Gasteiger partial charge in [-0.3, -0.25) is 9.78 Å². The number of carbonyl (C=O) groups excluding carboxylic acids is 1. The van der Waals surface area contributed by atoms with E-state index in [1.165, 1.54) is 0 Å². The third kappa shape index (κ3) is 2.36. The summed E-state index contributed by atoms with van der Waals surface area (Å²) in [6.07, 6.45) is 3.28. The topological polar surface area (TPSA) is 59.2 Å². The predicted molar refractivity (Wildman–Crippen MR) is 64.8 cm³/mol. The first-order valence-corrected chi connectivity index (χ1v) is 5.60. The van der Waals surface area contributed by atoms with Gasteiger partial charge in [0, 0.05) is 25.7 Å². The van der Waals surface area contributed by atoms with Gasteiger partial charge in [0.05, 0.1) is 5.69 Å². The Balaban J connectivity index is 2.12. The van der Waals surface area contributed by atoms with E-state index < -0.39 is 0 Å². The lowest BCUT2D eigenvalue weighted by Crippen LogP contribution is -2.24. The van der Waals surface area contributed by atoms with Gasteiger partial charge in [0.25, 0.3) is 0 Å². The van der Waals surface area contributed by atoms with Crippen molar-refractivity contribution in [2.24, 2.45) is 5.73 Å². The van der Waals surface area contributed by atoms with Crippen LogP contribution in [0.1, 0.15) is 24.1 Å². The molecular formula is C11H13N3OS. The fourth-order valence-corrected chi connectivity index (χ4v) is 1.91. The van der Waals surface area contributed by atoms with Gasteiger partial charge in [-0.15, -0.1) is 0 Å². The Bertz CT molecular complexity index is 433. The minimum absolute atomic E-state index is 0.216. The summed E-state index contributed by atoms with van der Waals surface area (Å²) in [7, 11) is 0. The first-order chi connectivity index (χ1) is 7.66. The van der Waals surface area contributed by atoms with Crippen LogP contribution in [0.15, 0.2) is 18.3 Å². The van der Waals surface area contributed by atoms with Crippen molar-refractivity contribution in [1.82, 2.24) is 9.88 Å². The van der Waals surface area contributed by atoms with Crippen LogP contribution < -0.4 is 5.73 Å². The van der Waals surface area contributed by atoms with Crippen molar-refractivity contribution >= 4 is 23.1 Å². The number of likely N-dealkylation sites (tertiary alicyclic amines) is 1. The summed E-state index contributed by atoms with van der Waals surface area (Å²) in [6, 6.07) is 3.72. The van der Waals surface area contributed by atoms with Crippen LogP contribution >= 0.6 is 12.2 Å². The summed E-state index contributed by atoms with van der Waals surface area (Å²) in [5, 5.41) is 0. The molecule has 1 aromatic heterocycles. The molecule has 4 nitrogen and oxygen atoms in total. The van der Waals surface area contributed by atoms with Gasteiger partial charge >= 0.3 is 0 Å². The standard InChI is InChI=1S/C11H13N3OS/c12-11(16)9-6-8(3-4-13-9)7-14-5-1-2-10(14)15/h3-4,6H,1-2,5,7H2,(H2,12,16). The molecule has 2 heterocycles. The Morgan fingerprint density at radius 1 is 1.62 bits per heavy atom. The molecule has 0 aliphatic carbocycles. The summed E-state index contributed by atoms with van der Waals surface area (Å²) in [5.74, 6) is 0.216. The third-order valence-corrected chi connectivity index (χ3v) is 2.83. The van der Waals surface area contributed by atoms with Crippen LogP contribution in [-0.4, -0.2) is 27.3 Å². The molecule has 1 aromatic rings. The quantitative estimate of drug-likeness (QED) is 0.789. The number of hydrogen-bond acceptors (Lipinski definition) is 3. The highest BCUT2D eigenvalue weighted by Crippen LogP contribution is 2.14. The van der Waals surface area contributed by atoms with Gasteiger partial charge in [0.15, 0.2) is 0 Å². The highest BCUT2D eigenvalue weighted by atomic mass is 32.1. The average Bonchev–Trinajstić information content (AvgIpc) is 2.65. The molecule has 0 bridgehead atoms. The van der Waals surface area contributed by atoms with E-state index in [0.717, 1.165) is 18.5 Å². The van der Waals surface area contributed by atoms with Gasteiger partial charge in [-0.2, -0.15) is 0 Å². The second-order valence-corrected chi connectivity index (χ2v) is 4.27. The van der Waals surface area contributed by atoms with Crippen molar-refractivity contribution in [3.05, 3.63) is 29.6 Å². The van der Waals surface area contributed by atoms with Crippen LogP contribution in [-0.2, 0) is 11.3 Å². The number of thiocarbonyl (C=S) groups is 1. The van der Waals surface area contributed by atoms with Crippen LogP contribution in [0.3, 0.4) is 0 Å². The molecule has 1 aliphatic rings. The molecule has 0 unspecified atom stereocenters. The maximum absolute atomic E-state index is 11.5. The third-order valence-electron chi connectivity index (χ3n) is 2.62. The molecule has 2 N–H and O–H groups in total. The first kappa shape index (κ1) is 11.0. The predicted octanol–water partition coefficient (Wildman–Crippen LogP) is 0.838. The number of pyridine rings is 1. The molecule has 0 spiro atoms. The zero-order chi connectivity index (χ0) is 11.5. The van der Waals surface area contributed by atoms with Gasteiger partial charge in [0.1, 0.15) is 4.99 Å². The lowest BCUT2D eigenvalue weighted by atomic mass is 10.2. The van der Waals surface area contributed by atoms with E-state index >= 15 is 0 Å². The first-order valence-electron chi connectivity index (χ1n) is 5.19. The number of hydrogen-bond donors (Lipinski definition) is 1. The highest BCUT2D eigenvalue weighted by Gasteiger charge is 2.20. The Hall–Kier alpha value is -1.49. The number of rotatable bonds is 3. The second-order valence-electron chi connectivity index (χ2n) is 3.83. The van der Waals surface area contributed by atoms with Crippen LogP contribution in [0.4, 0.5) is 0 Å². The molecule has 1 fully saturated rings. The van der Waals surface area contributed by atoms with Crippen molar-refractivity contribution in [3.63, 3.8) is 0 Å². The minimum Gasteiger partial charge on any atom is -0.388 e. The van der Waals surface area contributed by atoms with E-state index in [1.54, 1.807) is 6.20 Å². The molecule has 1 aliphatic heterocycles. The Kier molecular flexibility index (Phi) is 3.14. The maximum atomic E-state index is 11.5. The van der Waals surface area contributed by atoms with Crippen LogP contribution in [0.2, 0.25) is 0 Å². The fraction of sp³-hybridized carbons (Fsp3) is 0.364. The van der Waals surface area contributed by atoms with E-state index in [0.29, 0.717) is 18.7 Å². The summed E-state index contributed by atoms with van der Waals surface area (Å²) in [5.41, 5.74) is 7.14. The van der Waals surface area contributed by atoms with Crippen molar-refractivity contribution in [2.45, 2.75) is 19.4 Å². The number of aromatic nitrogens is 1. The Morgan fingerprint density at radius 3 is 3.06 bits per heavy atom. The number of nitrogens with two attached hydrogens (primary N) is 1. The molecule has 84 valence electrons. The molecule has 0 radical (unpaired) electrons. The number of carbonyl (C=O) groups is 1. The van der Waals surface area contributed by atoms with Gasteiger partial charge in [-0.25, -0.2) is 0 Å². The Labute approximate surface area is 99.5 Å². The van der Waals surface area contributed by atoms with E-state index in [2.05, 4.69) is 4.98 Å². The van der Waals surface area contributed by atoms with Gasteiger partial charge in [-0.05, 0) is 24.1 Å². The zero-order valence-electron chi connectivity index (χ0n) is 8.85. The SMILES string of the molecule is NC(=S)c1cc(CN2CCCC2=O)ccn1. The maximum Gasteiger partial charge on any atom is 0.222 e. The summed E-state index contributed by atoms with van der Waals surface area (Å²) in [6.45, 7) is 1.46. The van der Waals surface area contributed by atoms with E-state index in [9.17, 15) is 4.79 Å². The summed E-state index contributed by atoms with van der Waals surface area (Å²) in [4.78, 5) is 17.7. The highest BCUT2D eigenvalue weighted by molar-refractivity contribution is 7.80. The molecule has 0 atom stereocenters. The van der Waals surface area contributed by atoms with Crippen molar-refractivity contribution in [2.75, 3.05) is 6.54 Å². The molecule has 0 aromatic carbocycles. The van der Waals surface area contributed by atoms with E-state index in [1.807, 2.05) is 17.0 Å². The largest absolute Gasteiger partial charge is 0.388 e. The van der Waals surface area contributed by atoms with Crippen molar-refractivity contribution in [3.8, 4) is 0 Å². The lowest BCUT2D eigenvalue weighted by Gasteiger charge is -2.15. The molecule has 16 heavy (non-hydrogen) atoms. The molecule has 1 saturated heterocycles.